The van der Waals surface area contributed by atoms with Gasteiger partial charge in [0.15, 0.2) is 0 Å². The molecule has 0 aliphatic heterocycles. The third-order valence-corrected chi connectivity index (χ3v) is 10.6. The van der Waals surface area contributed by atoms with Gasteiger partial charge in [0, 0.05) is 56.7 Å². The smallest absolute Gasteiger partial charge is 0.0491 e. The van der Waals surface area contributed by atoms with E-state index in [0.717, 1.165) is 13.1 Å². The van der Waals surface area contributed by atoms with Crippen LogP contribution in [0.4, 0.5) is 0 Å². The zero-order valence-electron chi connectivity index (χ0n) is 28.6. The molecule has 0 saturated carbocycles. The van der Waals surface area contributed by atoms with Crippen LogP contribution in [0.1, 0.15) is 90.2 Å². The van der Waals surface area contributed by atoms with Crippen LogP contribution in [0.3, 0.4) is 0 Å². The maximum atomic E-state index is 4.08. The molecule has 46 heavy (non-hydrogen) atoms. The minimum Gasteiger partial charge on any atom is -0.340 e. The van der Waals surface area contributed by atoms with Crippen molar-refractivity contribution in [2.45, 2.75) is 92.2 Å². The van der Waals surface area contributed by atoms with Gasteiger partial charge in [0.1, 0.15) is 0 Å². The Hall–Kier alpha value is -4.04. The van der Waals surface area contributed by atoms with Gasteiger partial charge >= 0.3 is 0 Å². The second-order valence-corrected chi connectivity index (χ2v) is 13.5. The van der Waals surface area contributed by atoms with Crippen LogP contribution in [0.2, 0.25) is 0 Å². The van der Waals surface area contributed by atoms with E-state index in [1.807, 2.05) is 12.2 Å². The highest BCUT2D eigenvalue weighted by Crippen LogP contribution is 2.38. The van der Waals surface area contributed by atoms with Gasteiger partial charge in [0.2, 0.25) is 0 Å². The number of rotatable bonds is 15. The fourth-order valence-corrected chi connectivity index (χ4v) is 7.60. The summed E-state index contributed by atoms with van der Waals surface area (Å²) in [7, 11) is 0. The van der Waals surface area contributed by atoms with E-state index >= 15 is 0 Å². The largest absolute Gasteiger partial charge is 0.340 e. The minimum atomic E-state index is 0.687. The molecule has 0 aliphatic carbocycles. The van der Waals surface area contributed by atoms with Gasteiger partial charge < -0.3 is 9.13 Å². The summed E-state index contributed by atoms with van der Waals surface area (Å²) in [5.41, 5.74) is 10.2. The van der Waals surface area contributed by atoms with E-state index in [9.17, 15) is 0 Å². The summed E-state index contributed by atoms with van der Waals surface area (Å²) in [5, 5.41) is 5.32. The number of benzene rings is 4. The second-order valence-electron chi connectivity index (χ2n) is 13.5. The third kappa shape index (κ3) is 6.07. The number of aromatic nitrogens is 2. The van der Waals surface area contributed by atoms with Crippen molar-refractivity contribution in [2.75, 3.05) is 0 Å². The molecule has 6 rings (SSSR count). The molecule has 2 heteroatoms. The SMILES string of the molecule is C=Cc1ccc2c(c1)c1cc(-c3ccc4c(c3)c3cc(C=C)ccc3n4CC(CC)CCCC)ccc1n2CC(CC)CCCC. The molecule has 6 aromatic rings. The van der Waals surface area contributed by atoms with E-state index in [0.29, 0.717) is 11.8 Å². The van der Waals surface area contributed by atoms with Gasteiger partial charge in [-0.3, -0.25) is 0 Å². The molecule has 0 radical (unpaired) electrons. The maximum absolute atomic E-state index is 4.08. The summed E-state index contributed by atoms with van der Waals surface area (Å²) in [4.78, 5) is 0. The van der Waals surface area contributed by atoms with Crippen LogP contribution in [0.5, 0.6) is 0 Å². The van der Waals surface area contributed by atoms with Crippen molar-refractivity contribution < 1.29 is 0 Å². The van der Waals surface area contributed by atoms with Crippen molar-refractivity contribution in [1.82, 2.24) is 9.13 Å². The molecule has 0 bridgehead atoms. The molecular formula is C44H52N2. The van der Waals surface area contributed by atoms with E-state index in [4.69, 9.17) is 0 Å². The first-order chi connectivity index (χ1) is 22.5. The average molecular weight is 609 g/mol. The van der Waals surface area contributed by atoms with Crippen LogP contribution < -0.4 is 0 Å². The van der Waals surface area contributed by atoms with Gasteiger partial charge in [-0.2, -0.15) is 0 Å². The molecule has 2 atom stereocenters. The number of hydrogen-bond donors (Lipinski definition) is 0. The Morgan fingerprint density at radius 2 is 0.891 bits per heavy atom. The van der Waals surface area contributed by atoms with Gasteiger partial charge in [-0.05, 0) is 95.5 Å². The van der Waals surface area contributed by atoms with E-state index < -0.39 is 0 Å². The van der Waals surface area contributed by atoms with Crippen LogP contribution in [0, 0.1) is 11.8 Å². The van der Waals surface area contributed by atoms with E-state index in [1.54, 1.807) is 0 Å². The predicted octanol–water partition coefficient (Wildman–Crippen LogP) is 13.3. The molecule has 0 N–H and O–H groups in total. The average Bonchev–Trinajstić information content (AvgIpc) is 3.58. The molecule has 2 heterocycles. The standard InChI is InChI=1S/C44H52N2/c1-7-13-15-33(11-5)29-45-41-21-17-31(9-3)25-37(41)39-27-35(19-23-43(39)45)36-20-24-44-40(28-36)38-26-32(10-4)18-22-42(38)46(44)30-34(12-6)16-14-8-2/h9-10,17-28,33-34H,3-4,7-8,11-16,29-30H2,1-2,5-6H3. The Labute approximate surface area is 276 Å². The van der Waals surface area contributed by atoms with E-state index in [-0.39, 0.29) is 0 Å². The summed E-state index contributed by atoms with van der Waals surface area (Å²) >= 11 is 0. The molecule has 4 aromatic carbocycles. The summed E-state index contributed by atoms with van der Waals surface area (Å²) in [5.74, 6) is 1.37. The molecule has 0 saturated heterocycles. The summed E-state index contributed by atoms with van der Waals surface area (Å²) in [6.45, 7) is 19.6. The first kappa shape index (κ1) is 31.9. The van der Waals surface area contributed by atoms with Crippen LogP contribution in [-0.2, 0) is 13.1 Å². The molecular weight excluding hydrogens is 556 g/mol. The third-order valence-electron chi connectivity index (χ3n) is 10.6. The highest BCUT2D eigenvalue weighted by atomic mass is 15.0. The van der Waals surface area contributed by atoms with Gasteiger partial charge in [0.25, 0.3) is 0 Å². The van der Waals surface area contributed by atoms with Crippen molar-refractivity contribution in [3.63, 3.8) is 0 Å². The lowest BCUT2D eigenvalue weighted by Crippen LogP contribution is -2.10. The lowest BCUT2D eigenvalue weighted by Gasteiger charge is -2.17. The molecule has 2 unspecified atom stereocenters. The maximum Gasteiger partial charge on any atom is 0.0491 e. The summed E-state index contributed by atoms with van der Waals surface area (Å²) in [6, 6.07) is 28.0. The number of nitrogens with zero attached hydrogens (tertiary/aromatic N) is 2. The zero-order chi connectivity index (χ0) is 32.2. The Morgan fingerprint density at radius 1 is 0.522 bits per heavy atom. The van der Waals surface area contributed by atoms with Crippen LogP contribution in [0.15, 0.2) is 86.0 Å². The molecule has 0 spiro atoms. The van der Waals surface area contributed by atoms with Gasteiger partial charge in [-0.15, -0.1) is 0 Å². The van der Waals surface area contributed by atoms with Crippen molar-refractivity contribution in [1.29, 1.82) is 0 Å². The topological polar surface area (TPSA) is 9.86 Å². The van der Waals surface area contributed by atoms with Gasteiger partial charge in [0.05, 0.1) is 0 Å². The quantitative estimate of drug-likeness (QED) is 0.110. The Morgan fingerprint density at radius 3 is 1.24 bits per heavy atom. The van der Waals surface area contributed by atoms with E-state index in [1.165, 1.54) is 117 Å². The second kappa shape index (κ2) is 14.2. The van der Waals surface area contributed by atoms with E-state index in [2.05, 4.69) is 123 Å². The Kier molecular flexibility index (Phi) is 9.83. The summed E-state index contributed by atoms with van der Waals surface area (Å²) in [6.07, 6.45) is 14.0. The number of fused-ring (bicyclic) bond motifs is 6. The lowest BCUT2D eigenvalue weighted by molar-refractivity contribution is 0.401. The minimum absolute atomic E-state index is 0.687. The van der Waals surface area contributed by atoms with Gasteiger partial charge in [-0.25, -0.2) is 0 Å². The number of unbranched alkanes of at least 4 members (excludes halogenated alkanes) is 2. The van der Waals surface area contributed by atoms with Crippen molar-refractivity contribution in [2.24, 2.45) is 11.8 Å². The normalized spacial score (nSPS) is 13.2. The Balaban J connectivity index is 1.49. The zero-order valence-corrected chi connectivity index (χ0v) is 28.6. The predicted molar refractivity (Wildman–Crippen MR) is 205 cm³/mol. The number of hydrogen-bond acceptors (Lipinski definition) is 0. The Bertz CT molecular complexity index is 1850. The first-order valence-electron chi connectivity index (χ1n) is 17.9. The van der Waals surface area contributed by atoms with Crippen LogP contribution in [0.25, 0.3) is 66.9 Å². The van der Waals surface area contributed by atoms with Crippen molar-refractivity contribution in [3.8, 4) is 11.1 Å². The highest BCUT2D eigenvalue weighted by molar-refractivity contribution is 6.12. The summed E-state index contributed by atoms with van der Waals surface area (Å²) < 4.78 is 5.17. The molecule has 238 valence electrons. The monoisotopic (exact) mass is 608 g/mol. The lowest BCUT2D eigenvalue weighted by atomic mass is 9.99. The molecule has 2 nitrogen and oxygen atoms in total. The van der Waals surface area contributed by atoms with Gasteiger partial charge in [-0.1, -0.05) is 116 Å². The first-order valence-corrected chi connectivity index (χ1v) is 17.9. The molecule has 2 aromatic heterocycles. The molecule has 0 amide bonds. The fourth-order valence-electron chi connectivity index (χ4n) is 7.60. The van der Waals surface area contributed by atoms with Crippen molar-refractivity contribution >= 4 is 55.8 Å². The van der Waals surface area contributed by atoms with Crippen LogP contribution in [-0.4, -0.2) is 9.13 Å². The highest BCUT2D eigenvalue weighted by Gasteiger charge is 2.18. The molecule has 0 aliphatic rings. The molecule has 0 fully saturated rings. The van der Waals surface area contributed by atoms with Crippen molar-refractivity contribution in [3.05, 3.63) is 97.1 Å². The fraction of sp³-hybridized carbons (Fsp3) is 0.364. The van der Waals surface area contributed by atoms with Crippen LogP contribution >= 0.6 is 0 Å².